The summed E-state index contributed by atoms with van der Waals surface area (Å²) in [7, 11) is 0. The van der Waals surface area contributed by atoms with Gasteiger partial charge in [0.05, 0.1) is 15.7 Å². The zero-order chi connectivity index (χ0) is 21.1. The van der Waals surface area contributed by atoms with Crippen LogP contribution in [0.2, 0.25) is 15.1 Å². The average molecular weight is 476 g/mol. The number of amides is 1. The molecule has 1 N–H and O–H groups in total. The van der Waals surface area contributed by atoms with E-state index in [1.54, 1.807) is 42.5 Å². The molecule has 4 aromatic rings. The zero-order valence-corrected chi connectivity index (χ0v) is 18.3. The Kier molecular flexibility index (Phi) is 6.25. The fraction of sp³-hybridized carbons (Fsp3) is 0. The third-order valence-electron chi connectivity index (χ3n) is 4.12. The van der Waals surface area contributed by atoms with Gasteiger partial charge in [-0.2, -0.15) is 0 Å². The highest BCUT2D eigenvalue weighted by Gasteiger charge is 2.11. The van der Waals surface area contributed by atoms with Gasteiger partial charge in [-0.1, -0.05) is 53.0 Å². The summed E-state index contributed by atoms with van der Waals surface area (Å²) in [4.78, 5) is 16.6. The lowest BCUT2D eigenvalue weighted by atomic mass is 10.2. The van der Waals surface area contributed by atoms with Crippen LogP contribution in [-0.4, -0.2) is 10.9 Å². The van der Waals surface area contributed by atoms with Crippen molar-refractivity contribution in [2.45, 2.75) is 0 Å². The Hall–Kier alpha value is -2.57. The molecule has 0 aliphatic carbocycles. The van der Waals surface area contributed by atoms with E-state index in [-0.39, 0.29) is 5.91 Å². The third-order valence-corrected chi connectivity index (χ3v) is 5.95. The number of hydrogen-bond donors (Lipinski definition) is 1. The molecule has 2 heterocycles. The van der Waals surface area contributed by atoms with Gasteiger partial charge in [0.25, 0.3) is 0 Å². The lowest BCUT2D eigenvalue weighted by Crippen LogP contribution is -2.07. The van der Waals surface area contributed by atoms with Gasteiger partial charge in [0.2, 0.25) is 5.91 Å². The van der Waals surface area contributed by atoms with Gasteiger partial charge in [-0.15, -0.1) is 11.3 Å². The number of carbonyl (C=O) groups excluding carboxylic acids is 1. The van der Waals surface area contributed by atoms with Crippen LogP contribution < -0.4 is 5.32 Å². The van der Waals surface area contributed by atoms with Crippen LogP contribution in [0.4, 0.5) is 5.13 Å². The molecular formula is C22H13Cl3N2O2S. The Bertz CT molecular complexity index is 1230. The molecule has 150 valence electrons. The number of nitrogens with zero attached hydrogens (tertiary/aromatic N) is 1. The van der Waals surface area contributed by atoms with Crippen LogP contribution in [0.25, 0.3) is 28.7 Å². The Morgan fingerprint density at radius 1 is 1.03 bits per heavy atom. The summed E-state index contributed by atoms with van der Waals surface area (Å²) in [5.41, 5.74) is 2.38. The number of hydrogen-bond acceptors (Lipinski definition) is 4. The number of aromatic nitrogens is 1. The monoisotopic (exact) mass is 474 g/mol. The second kappa shape index (κ2) is 9.06. The van der Waals surface area contributed by atoms with Gasteiger partial charge in [0.15, 0.2) is 5.13 Å². The van der Waals surface area contributed by atoms with Gasteiger partial charge in [-0.25, -0.2) is 4.98 Å². The Morgan fingerprint density at radius 2 is 1.83 bits per heavy atom. The van der Waals surface area contributed by atoms with Crippen molar-refractivity contribution >= 4 is 63.3 Å². The van der Waals surface area contributed by atoms with Gasteiger partial charge in [-0.05, 0) is 42.5 Å². The first-order chi connectivity index (χ1) is 14.5. The maximum atomic E-state index is 12.2. The summed E-state index contributed by atoms with van der Waals surface area (Å²) >= 11 is 19.5. The van der Waals surface area contributed by atoms with Gasteiger partial charge in [-0.3, -0.25) is 10.1 Å². The van der Waals surface area contributed by atoms with Crippen LogP contribution in [0.3, 0.4) is 0 Å². The van der Waals surface area contributed by atoms with Gasteiger partial charge in [0, 0.05) is 27.6 Å². The maximum Gasteiger partial charge on any atom is 0.250 e. The van der Waals surface area contributed by atoms with E-state index in [0.717, 1.165) is 11.3 Å². The number of nitrogens with one attached hydrogen (secondary N) is 1. The van der Waals surface area contributed by atoms with Crippen molar-refractivity contribution in [2.24, 2.45) is 0 Å². The molecule has 0 saturated carbocycles. The molecule has 0 bridgehead atoms. The molecule has 0 unspecified atom stereocenters. The normalized spacial score (nSPS) is 11.2. The van der Waals surface area contributed by atoms with E-state index in [0.29, 0.717) is 37.3 Å². The Morgan fingerprint density at radius 3 is 2.63 bits per heavy atom. The van der Waals surface area contributed by atoms with E-state index in [9.17, 15) is 4.79 Å². The van der Waals surface area contributed by atoms with E-state index in [1.807, 2.05) is 23.6 Å². The van der Waals surface area contributed by atoms with Crippen molar-refractivity contribution < 1.29 is 9.21 Å². The molecular weight excluding hydrogens is 463 g/mol. The summed E-state index contributed by atoms with van der Waals surface area (Å²) in [6.45, 7) is 0. The van der Waals surface area contributed by atoms with E-state index >= 15 is 0 Å². The van der Waals surface area contributed by atoms with Crippen LogP contribution in [0.1, 0.15) is 5.76 Å². The molecule has 8 heteroatoms. The molecule has 0 radical (unpaired) electrons. The quantitative estimate of drug-likeness (QED) is 0.301. The minimum atomic E-state index is -0.314. The highest BCUT2D eigenvalue weighted by molar-refractivity contribution is 7.14. The molecule has 0 aliphatic rings. The van der Waals surface area contributed by atoms with Crippen molar-refractivity contribution in [2.75, 3.05) is 5.32 Å². The Balaban J connectivity index is 1.42. The van der Waals surface area contributed by atoms with Crippen molar-refractivity contribution in [3.8, 4) is 22.6 Å². The fourth-order valence-corrected chi connectivity index (χ4v) is 3.91. The second-order valence-corrected chi connectivity index (χ2v) is 8.25. The first-order valence-electron chi connectivity index (χ1n) is 8.74. The topological polar surface area (TPSA) is 55.1 Å². The average Bonchev–Trinajstić information content (AvgIpc) is 3.39. The smallest absolute Gasteiger partial charge is 0.250 e. The summed E-state index contributed by atoms with van der Waals surface area (Å²) in [6, 6.07) is 16.2. The standard InChI is InChI=1S/C22H13Cl3N2O2S/c23-14-6-4-13(5-7-14)18-12-30-22(26-18)27-20(28)11-9-15-8-10-19(29-15)16-2-1-3-17(24)21(16)25/h1-12H,(H,26,27,28). The van der Waals surface area contributed by atoms with Crippen molar-refractivity contribution in [3.63, 3.8) is 0 Å². The second-order valence-electron chi connectivity index (χ2n) is 6.17. The summed E-state index contributed by atoms with van der Waals surface area (Å²) in [5.74, 6) is 0.762. The fourth-order valence-electron chi connectivity index (χ4n) is 2.67. The number of thiazole rings is 1. The van der Waals surface area contributed by atoms with Crippen LogP contribution in [0.5, 0.6) is 0 Å². The van der Waals surface area contributed by atoms with Crippen molar-refractivity contribution in [1.82, 2.24) is 4.98 Å². The first-order valence-corrected chi connectivity index (χ1v) is 10.8. The molecule has 1 amide bonds. The van der Waals surface area contributed by atoms with Gasteiger partial charge >= 0.3 is 0 Å². The predicted octanol–water partition coefficient (Wildman–Crippen LogP) is 7.68. The Labute approximate surface area is 191 Å². The molecule has 2 aromatic carbocycles. The van der Waals surface area contributed by atoms with Crippen molar-refractivity contribution in [3.05, 3.63) is 86.9 Å². The molecule has 0 fully saturated rings. The lowest BCUT2D eigenvalue weighted by Gasteiger charge is -2.01. The predicted molar refractivity (Wildman–Crippen MR) is 124 cm³/mol. The molecule has 0 saturated heterocycles. The number of benzene rings is 2. The van der Waals surface area contributed by atoms with E-state index in [1.165, 1.54) is 17.4 Å². The molecule has 2 aromatic heterocycles. The first kappa shape index (κ1) is 20.7. The SMILES string of the molecule is O=C(C=Cc1ccc(-c2cccc(Cl)c2Cl)o1)Nc1nc(-c2ccc(Cl)cc2)cs1. The number of anilines is 1. The van der Waals surface area contributed by atoms with Gasteiger partial charge < -0.3 is 4.42 Å². The zero-order valence-electron chi connectivity index (χ0n) is 15.2. The molecule has 0 aliphatic heterocycles. The van der Waals surface area contributed by atoms with Crippen molar-refractivity contribution in [1.29, 1.82) is 0 Å². The van der Waals surface area contributed by atoms with Crippen LogP contribution >= 0.6 is 46.1 Å². The number of rotatable bonds is 5. The van der Waals surface area contributed by atoms with Crippen LogP contribution in [-0.2, 0) is 4.79 Å². The van der Waals surface area contributed by atoms with Crippen LogP contribution in [0.15, 0.2) is 70.5 Å². The molecule has 30 heavy (non-hydrogen) atoms. The molecule has 0 atom stereocenters. The van der Waals surface area contributed by atoms with E-state index in [4.69, 9.17) is 39.2 Å². The van der Waals surface area contributed by atoms with Crippen LogP contribution in [0, 0.1) is 0 Å². The maximum absolute atomic E-state index is 12.2. The largest absolute Gasteiger partial charge is 0.457 e. The number of halogens is 3. The van der Waals surface area contributed by atoms with Gasteiger partial charge in [0.1, 0.15) is 11.5 Å². The number of furan rings is 1. The summed E-state index contributed by atoms with van der Waals surface area (Å²) in [5, 5.41) is 6.64. The summed E-state index contributed by atoms with van der Waals surface area (Å²) in [6.07, 6.45) is 2.95. The molecule has 4 nitrogen and oxygen atoms in total. The highest BCUT2D eigenvalue weighted by atomic mass is 35.5. The third kappa shape index (κ3) is 4.77. The minimum absolute atomic E-state index is 0.314. The molecule has 4 rings (SSSR count). The van der Waals surface area contributed by atoms with E-state index in [2.05, 4.69) is 10.3 Å². The number of carbonyl (C=O) groups is 1. The molecule has 0 spiro atoms. The summed E-state index contributed by atoms with van der Waals surface area (Å²) < 4.78 is 5.74. The minimum Gasteiger partial charge on any atom is -0.457 e. The lowest BCUT2D eigenvalue weighted by molar-refractivity contribution is -0.111. The van der Waals surface area contributed by atoms with E-state index < -0.39 is 0 Å². The highest BCUT2D eigenvalue weighted by Crippen LogP contribution is 2.34.